The number of rotatable bonds is 4. The molecule has 1 aromatic carbocycles. The summed E-state index contributed by atoms with van der Waals surface area (Å²) < 4.78 is 0. The lowest BCUT2D eigenvalue weighted by atomic mass is 9.85. The second-order valence-corrected chi connectivity index (χ2v) is 6.96. The lowest BCUT2D eigenvalue weighted by molar-refractivity contribution is -0.144. The van der Waals surface area contributed by atoms with E-state index in [0.29, 0.717) is 0 Å². The standard InChI is InChI=1S/C19H20N2O3/c1-11(12-5-3-2-4-6-12)20-15(22)10-21-18(23)16-13-7-8-14(9-13)17(16)19(21)24/h2-8,11,13-14,16-17H,9-10H2,1H3,(H,20,22). The summed E-state index contributed by atoms with van der Waals surface area (Å²) in [5, 5.41) is 2.87. The number of nitrogens with zero attached hydrogens (tertiary/aromatic N) is 1. The number of nitrogens with one attached hydrogen (secondary N) is 1. The molecule has 1 aromatic rings. The number of carbonyl (C=O) groups excluding carboxylic acids is 3. The number of hydrogen-bond acceptors (Lipinski definition) is 3. The number of allylic oxidation sites excluding steroid dienone is 2. The fourth-order valence-electron chi connectivity index (χ4n) is 4.38. The van der Waals surface area contributed by atoms with Gasteiger partial charge in [-0.2, -0.15) is 0 Å². The Labute approximate surface area is 140 Å². The first-order valence-electron chi connectivity index (χ1n) is 8.44. The monoisotopic (exact) mass is 324 g/mol. The molecule has 0 radical (unpaired) electrons. The van der Waals surface area contributed by atoms with Crippen molar-refractivity contribution in [1.29, 1.82) is 0 Å². The van der Waals surface area contributed by atoms with Gasteiger partial charge in [0.1, 0.15) is 6.54 Å². The summed E-state index contributed by atoms with van der Waals surface area (Å²) in [6.07, 6.45) is 5.01. The van der Waals surface area contributed by atoms with Crippen molar-refractivity contribution in [2.24, 2.45) is 23.7 Å². The van der Waals surface area contributed by atoms with Crippen LogP contribution in [0.4, 0.5) is 0 Å². The van der Waals surface area contributed by atoms with Gasteiger partial charge in [0.05, 0.1) is 17.9 Å². The highest BCUT2D eigenvalue weighted by Gasteiger charge is 2.59. The van der Waals surface area contributed by atoms with Crippen molar-refractivity contribution in [3.05, 3.63) is 48.0 Å². The molecule has 1 saturated carbocycles. The maximum Gasteiger partial charge on any atom is 0.240 e. The number of amides is 3. The first-order valence-corrected chi connectivity index (χ1v) is 8.44. The lowest BCUT2D eigenvalue weighted by Gasteiger charge is -2.19. The van der Waals surface area contributed by atoms with Crippen LogP contribution in [0, 0.1) is 23.7 Å². The van der Waals surface area contributed by atoms with E-state index in [1.807, 2.05) is 37.3 Å². The van der Waals surface area contributed by atoms with Crippen LogP contribution < -0.4 is 5.32 Å². The minimum absolute atomic E-state index is 0.163. The highest BCUT2D eigenvalue weighted by molar-refractivity contribution is 6.08. The third-order valence-electron chi connectivity index (χ3n) is 5.54. The summed E-state index contributed by atoms with van der Waals surface area (Å²) in [6.45, 7) is 1.71. The zero-order chi connectivity index (χ0) is 16.8. The third-order valence-corrected chi connectivity index (χ3v) is 5.54. The maximum absolute atomic E-state index is 12.6. The molecule has 0 spiro atoms. The largest absolute Gasteiger partial charge is 0.348 e. The van der Waals surface area contributed by atoms with Crippen LogP contribution in [0.1, 0.15) is 24.9 Å². The van der Waals surface area contributed by atoms with Crippen LogP contribution in [-0.4, -0.2) is 29.2 Å². The Morgan fingerprint density at radius 3 is 2.29 bits per heavy atom. The van der Waals surface area contributed by atoms with Gasteiger partial charge in [-0.25, -0.2) is 0 Å². The van der Waals surface area contributed by atoms with Crippen LogP contribution in [0.5, 0.6) is 0 Å². The number of fused-ring (bicyclic) bond motifs is 5. The number of carbonyl (C=O) groups is 3. The summed E-state index contributed by atoms with van der Waals surface area (Å²) in [5.74, 6) is -0.790. The molecule has 3 amide bonds. The fourth-order valence-corrected chi connectivity index (χ4v) is 4.38. The lowest BCUT2D eigenvalue weighted by Crippen LogP contribution is -2.42. The molecule has 124 valence electrons. The summed E-state index contributed by atoms with van der Waals surface area (Å²) in [5.41, 5.74) is 0.990. The van der Waals surface area contributed by atoms with E-state index in [-0.39, 0.29) is 54.0 Å². The van der Waals surface area contributed by atoms with Crippen LogP contribution in [0.15, 0.2) is 42.5 Å². The minimum atomic E-state index is -0.298. The molecule has 1 aliphatic heterocycles. The zero-order valence-corrected chi connectivity index (χ0v) is 13.5. The minimum Gasteiger partial charge on any atom is -0.348 e. The molecule has 0 aromatic heterocycles. The molecule has 5 atom stereocenters. The Balaban J connectivity index is 1.42. The number of imide groups is 1. The van der Waals surface area contributed by atoms with E-state index in [1.165, 1.54) is 0 Å². The van der Waals surface area contributed by atoms with E-state index in [4.69, 9.17) is 0 Å². The molecular formula is C19H20N2O3. The molecule has 1 heterocycles. The van der Waals surface area contributed by atoms with Gasteiger partial charge < -0.3 is 5.32 Å². The molecule has 1 N–H and O–H groups in total. The maximum atomic E-state index is 12.6. The molecule has 3 aliphatic rings. The van der Waals surface area contributed by atoms with Gasteiger partial charge in [0.25, 0.3) is 0 Å². The van der Waals surface area contributed by atoms with Crippen molar-refractivity contribution in [1.82, 2.24) is 10.2 Å². The number of benzene rings is 1. The Morgan fingerprint density at radius 1 is 1.12 bits per heavy atom. The molecule has 5 heteroatoms. The van der Waals surface area contributed by atoms with Gasteiger partial charge in [-0.3, -0.25) is 19.3 Å². The van der Waals surface area contributed by atoms with Crippen molar-refractivity contribution in [2.45, 2.75) is 19.4 Å². The van der Waals surface area contributed by atoms with Gasteiger partial charge in [0.2, 0.25) is 17.7 Å². The molecule has 2 aliphatic carbocycles. The average Bonchev–Trinajstić information content (AvgIpc) is 3.25. The van der Waals surface area contributed by atoms with Crippen LogP contribution >= 0.6 is 0 Å². The van der Waals surface area contributed by atoms with Gasteiger partial charge in [0, 0.05) is 0 Å². The third kappa shape index (κ3) is 2.27. The smallest absolute Gasteiger partial charge is 0.240 e. The molecule has 2 bridgehead atoms. The first kappa shape index (κ1) is 15.1. The van der Waals surface area contributed by atoms with Crippen LogP contribution in [0.2, 0.25) is 0 Å². The first-order chi connectivity index (χ1) is 11.6. The topological polar surface area (TPSA) is 66.5 Å². The predicted molar refractivity (Wildman–Crippen MR) is 87.4 cm³/mol. The SMILES string of the molecule is CC(NC(=O)CN1C(=O)C2C3C=CC(C3)C2C1=O)c1ccccc1. The molecular weight excluding hydrogens is 304 g/mol. The number of likely N-dealkylation sites (tertiary alicyclic amines) is 1. The molecule has 4 rings (SSSR count). The number of hydrogen-bond donors (Lipinski definition) is 1. The Morgan fingerprint density at radius 2 is 1.71 bits per heavy atom. The van der Waals surface area contributed by atoms with Crippen molar-refractivity contribution in [2.75, 3.05) is 6.54 Å². The van der Waals surface area contributed by atoms with E-state index in [0.717, 1.165) is 16.9 Å². The van der Waals surface area contributed by atoms with Crippen molar-refractivity contribution >= 4 is 17.7 Å². The van der Waals surface area contributed by atoms with Crippen LogP contribution in [0.25, 0.3) is 0 Å². The summed E-state index contributed by atoms with van der Waals surface area (Å²) in [7, 11) is 0. The van der Waals surface area contributed by atoms with E-state index in [9.17, 15) is 14.4 Å². The van der Waals surface area contributed by atoms with Gasteiger partial charge in [-0.1, -0.05) is 42.5 Å². The molecule has 5 unspecified atom stereocenters. The van der Waals surface area contributed by atoms with E-state index >= 15 is 0 Å². The normalized spacial score (nSPS) is 31.5. The quantitative estimate of drug-likeness (QED) is 0.677. The predicted octanol–water partition coefficient (Wildman–Crippen LogP) is 1.67. The van der Waals surface area contributed by atoms with Gasteiger partial charge in [0.15, 0.2) is 0 Å². The van der Waals surface area contributed by atoms with Crippen LogP contribution in [-0.2, 0) is 14.4 Å². The molecule has 1 saturated heterocycles. The van der Waals surface area contributed by atoms with Gasteiger partial charge in [-0.05, 0) is 30.7 Å². The second kappa shape index (κ2) is 5.58. The zero-order valence-electron chi connectivity index (χ0n) is 13.5. The molecule has 2 fully saturated rings. The Bertz CT molecular complexity index is 697. The van der Waals surface area contributed by atoms with E-state index < -0.39 is 0 Å². The molecule has 24 heavy (non-hydrogen) atoms. The summed E-state index contributed by atoms with van der Waals surface area (Å²) in [6, 6.07) is 9.45. The van der Waals surface area contributed by atoms with Crippen LogP contribution in [0.3, 0.4) is 0 Å². The van der Waals surface area contributed by atoms with E-state index in [1.54, 1.807) is 0 Å². The van der Waals surface area contributed by atoms with Gasteiger partial charge >= 0.3 is 0 Å². The summed E-state index contributed by atoms with van der Waals surface area (Å²) in [4.78, 5) is 38.6. The summed E-state index contributed by atoms with van der Waals surface area (Å²) >= 11 is 0. The van der Waals surface area contributed by atoms with Crippen molar-refractivity contribution < 1.29 is 14.4 Å². The molecule has 5 nitrogen and oxygen atoms in total. The van der Waals surface area contributed by atoms with Crippen molar-refractivity contribution in [3.63, 3.8) is 0 Å². The Kier molecular flexibility index (Phi) is 3.52. The van der Waals surface area contributed by atoms with Crippen molar-refractivity contribution in [3.8, 4) is 0 Å². The average molecular weight is 324 g/mol. The van der Waals surface area contributed by atoms with Gasteiger partial charge in [-0.15, -0.1) is 0 Å². The van der Waals surface area contributed by atoms with E-state index in [2.05, 4.69) is 17.5 Å². The highest BCUT2D eigenvalue weighted by Crippen LogP contribution is 2.52. The fraction of sp³-hybridized carbons (Fsp3) is 0.421. The Hall–Kier alpha value is -2.43. The highest BCUT2D eigenvalue weighted by atomic mass is 16.2. The second-order valence-electron chi connectivity index (χ2n) is 6.96.